The van der Waals surface area contributed by atoms with Gasteiger partial charge in [0.2, 0.25) is 15.9 Å². The highest BCUT2D eigenvalue weighted by molar-refractivity contribution is 7.89. The van der Waals surface area contributed by atoms with Gasteiger partial charge in [-0.1, -0.05) is 6.07 Å². The van der Waals surface area contributed by atoms with Crippen molar-refractivity contribution in [2.24, 2.45) is 0 Å². The van der Waals surface area contributed by atoms with Crippen molar-refractivity contribution in [3.05, 3.63) is 48.0 Å². The molecule has 0 aliphatic carbocycles. The lowest BCUT2D eigenvalue weighted by molar-refractivity contribution is -0.121. The number of carbonyl (C=O) groups is 1. The Morgan fingerprint density at radius 2 is 1.82 bits per heavy atom. The molecule has 1 saturated heterocycles. The first-order valence-electron chi connectivity index (χ1n) is 10.7. The van der Waals surface area contributed by atoms with E-state index >= 15 is 0 Å². The predicted octanol–water partition coefficient (Wildman–Crippen LogP) is 1.85. The van der Waals surface area contributed by atoms with Crippen molar-refractivity contribution in [2.45, 2.75) is 17.7 Å². The summed E-state index contributed by atoms with van der Waals surface area (Å²) in [5.74, 6) is 1.74. The van der Waals surface area contributed by atoms with Crippen molar-refractivity contribution in [3.8, 4) is 17.2 Å². The minimum absolute atomic E-state index is 0.160. The van der Waals surface area contributed by atoms with Crippen LogP contribution in [0.4, 0.5) is 0 Å². The van der Waals surface area contributed by atoms with Crippen LogP contribution in [0.5, 0.6) is 17.2 Å². The van der Waals surface area contributed by atoms with E-state index in [0.29, 0.717) is 68.7 Å². The van der Waals surface area contributed by atoms with E-state index in [1.807, 2.05) is 18.2 Å². The fraction of sp³-hybridized carbons (Fsp3) is 0.435. The molecule has 0 spiro atoms. The van der Waals surface area contributed by atoms with E-state index in [4.69, 9.17) is 18.9 Å². The van der Waals surface area contributed by atoms with Crippen molar-refractivity contribution in [3.63, 3.8) is 0 Å². The summed E-state index contributed by atoms with van der Waals surface area (Å²) in [5, 5.41) is 2.81. The second kappa shape index (κ2) is 11.9. The van der Waals surface area contributed by atoms with Crippen LogP contribution in [0.15, 0.2) is 47.4 Å². The number of carbonyl (C=O) groups excluding carboxylic acids is 1. The summed E-state index contributed by atoms with van der Waals surface area (Å²) in [4.78, 5) is 12.5. The van der Waals surface area contributed by atoms with Crippen LogP contribution < -0.4 is 19.5 Å². The highest BCUT2D eigenvalue weighted by Gasteiger charge is 2.27. The Morgan fingerprint density at radius 1 is 1.06 bits per heavy atom. The molecule has 33 heavy (non-hydrogen) atoms. The number of nitrogens with one attached hydrogen (secondary N) is 1. The molecule has 1 aliphatic heterocycles. The lowest BCUT2D eigenvalue weighted by Gasteiger charge is -2.26. The third-order valence-corrected chi connectivity index (χ3v) is 7.11. The Balaban J connectivity index is 1.53. The zero-order valence-electron chi connectivity index (χ0n) is 18.9. The number of hydrogen-bond donors (Lipinski definition) is 1. The van der Waals surface area contributed by atoms with Crippen LogP contribution in [0.1, 0.15) is 12.0 Å². The van der Waals surface area contributed by atoms with Gasteiger partial charge >= 0.3 is 0 Å². The second-order valence-electron chi connectivity index (χ2n) is 7.37. The van der Waals surface area contributed by atoms with Gasteiger partial charge in [0.05, 0.1) is 38.9 Å². The Hall–Kier alpha value is -2.82. The van der Waals surface area contributed by atoms with Crippen molar-refractivity contribution in [1.82, 2.24) is 9.62 Å². The van der Waals surface area contributed by atoms with Crippen molar-refractivity contribution in [2.75, 3.05) is 53.7 Å². The highest BCUT2D eigenvalue weighted by atomic mass is 32.2. The molecule has 1 N–H and O–H groups in total. The molecular weight excluding hydrogens is 448 g/mol. The first kappa shape index (κ1) is 24.8. The van der Waals surface area contributed by atoms with Gasteiger partial charge in [0.15, 0.2) is 0 Å². The number of hydrogen-bond acceptors (Lipinski definition) is 7. The maximum atomic E-state index is 12.9. The average molecular weight is 479 g/mol. The van der Waals surface area contributed by atoms with Gasteiger partial charge in [0, 0.05) is 25.6 Å². The molecule has 1 fully saturated rings. The Kier molecular flexibility index (Phi) is 8.93. The highest BCUT2D eigenvalue weighted by Crippen LogP contribution is 2.26. The molecule has 0 atom stereocenters. The minimum Gasteiger partial charge on any atom is -0.497 e. The van der Waals surface area contributed by atoms with E-state index in [-0.39, 0.29) is 17.2 Å². The lowest BCUT2D eigenvalue weighted by Crippen LogP contribution is -2.40. The molecule has 9 nitrogen and oxygen atoms in total. The van der Waals surface area contributed by atoms with Crippen LogP contribution in [0.25, 0.3) is 0 Å². The molecule has 0 unspecified atom stereocenters. The number of aryl methyl sites for hydroxylation is 1. The number of morpholine rings is 1. The van der Waals surface area contributed by atoms with Crippen LogP contribution in [-0.2, 0) is 26.0 Å². The third-order valence-electron chi connectivity index (χ3n) is 5.22. The van der Waals surface area contributed by atoms with Crippen LogP contribution in [0.3, 0.4) is 0 Å². The van der Waals surface area contributed by atoms with Crippen molar-refractivity contribution < 1.29 is 32.2 Å². The molecule has 1 amide bonds. The topological polar surface area (TPSA) is 103 Å². The van der Waals surface area contributed by atoms with E-state index in [0.717, 1.165) is 0 Å². The number of rotatable bonds is 11. The normalized spacial score (nSPS) is 14.5. The van der Waals surface area contributed by atoms with Gasteiger partial charge in [-0.2, -0.15) is 4.31 Å². The van der Waals surface area contributed by atoms with Crippen molar-refractivity contribution >= 4 is 15.9 Å². The summed E-state index contributed by atoms with van der Waals surface area (Å²) >= 11 is 0. The summed E-state index contributed by atoms with van der Waals surface area (Å²) in [6, 6.07) is 12.0. The number of nitrogens with zero attached hydrogens (tertiary/aromatic N) is 1. The fourth-order valence-corrected chi connectivity index (χ4v) is 4.89. The van der Waals surface area contributed by atoms with Crippen LogP contribution in [0.2, 0.25) is 0 Å². The largest absolute Gasteiger partial charge is 0.497 e. The number of ether oxygens (including phenoxy) is 4. The zero-order chi connectivity index (χ0) is 23.7. The SMILES string of the molecule is COc1cccc(OCCNC(=O)CCc2cc(S(=O)(=O)N3CCOCC3)ccc2OC)c1. The monoisotopic (exact) mass is 478 g/mol. The van der Waals surface area contributed by atoms with E-state index in [1.165, 1.54) is 17.5 Å². The molecule has 1 heterocycles. The molecule has 10 heteroatoms. The number of benzene rings is 2. The molecule has 180 valence electrons. The first-order valence-corrected chi connectivity index (χ1v) is 12.2. The van der Waals surface area contributed by atoms with Crippen LogP contribution in [0, 0.1) is 0 Å². The van der Waals surface area contributed by atoms with Crippen molar-refractivity contribution in [1.29, 1.82) is 0 Å². The molecule has 3 rings (SSSR count). The van der Waals surface area contributed by atoms with Gasteiger partial charge in [-0.25, -0.2) is 8.42 Å². The Bertz CT molecular complexity index is 1040. The van der Waals surface area contributed by atoms with Gasteiger partial charge in [0.1, 0.15) is 23.9 Å². The van der Waals surface area contributed by atoms with Crippen LogP contribution in [-0.4, -0.2) is 72.3 Å². The minimum atomic E-state index is -3.63. The maximum Gasteiger partial charge on any atom is 0.243 e. The molecule has 0 aromatic heterocycles. The Labute approximate surface area is 194 Å². The Morgan fingerprint density at radius 3 is 2.55 bits per heavy atom. The maximum absolute atomic E-state index is 12.9. The molecular formula is C23H30N2O7S. The second-order valence-corrected chi connectivity index (χ2v) is 9.31. The standard InChI is InChI=1S/C23H30N2O7S/c1-29-19-4-3-5-20(17-19)32-13-10-24-23(26)9-6-18-16-21(7-8-22(18)30-2)33(27,28)25-11-14-31-15-12-25/h3-5,7-8,16-17H,6,9-15H2,1-2H3,(H,24,26). The first-order chi connectivity index (χ1) is 15.9. The van der Waals surface area contributed by atoms with E-state index in [1.54, 1.807) is 25.3 Å². The summed E-state index contributed by atoms with van der Waals surface area (Å²) in [6.07, 6.45) is 0.537. The fourth-order valence-electron chi connectivity index (χ4n) is 3.43. The molecule has 0 saturated carbocycles. The predicted molar refractivity (Wildman–Crippen MR) is 122 cm³/mol. The van der Waals surface area contributed by atoms with E-state index in [9.17, 15) is 13.2 Å². The van der Waals surface area contributed by atoms with Gasteiger partial charge < -0.3 is 24.3 Å². The van der Waals surface area contributed by atoms with Gasteiger partial charge in [0.25, 0.3) is 0 Å². The number of sulfonamides is 1. The van der Waals surface area contributed by atoms with Crippen LogP contribution >= 0.6 is 0 Å². The average Bonchev–Trinajstić information content (AvgIpc) is 2.85. The smallest absolute Gasteiger partial charge is 0.243 e. The molecule has 0 bridgehead atoms. The molecule has 1 aliphatic rings. The number of methoxy groups -OCH3 is 2. The number of amides is 1. The summed E-state index contributed by atoms with van der Waals surface area (Å²) in [7, 11) is -0.521. The molecule has 0 radical (unpaired) electrons. The summed E-state index contributed by atoms with van der Waals surface area (Å²) in [5.41, 5.74) is 0.662. The summed E-state index contributed by atoms with van der Waals surface area (Å²) < 4.78 is 48.7. The van der Waals surface area contributed by atoms with E-state index < -0.39 is 10.0 Å². The van der Waals surface area contributed by atoms with E-state index in [2.05, 4.69) is 5.32 Å². The lowest BCUT2D eigenvalue weighted by atomic mass is 10.1. The quantitative estimate of drug-likeness (QED) is 0.492. The van der Waals surface area contributed by atoms with Gasteiger partial charge in [-0.15, -0.1) is 0 Å². The van der Waals surface area contributed by atoms with Gasteiger partial charge in [-0.05, 0) is 42.3 Å². The zero-order valence-corrected chi connectivity index (χ0v) is 19.7. The molecule has 2 aromatic rings. The summed E-state index contributed by atoms with van der Waals surface area (Å²) in [6.45, 7) is 2.07. The third kappa shape index (κ3) is 6.83. The molecule has 2 aromatic carbocycles. The van der Waals surface area contributed by atoms with Gasteiger partial charge in [-0.3, -0.25) is 4.79 Å².